The van der Waals surface area contributed by atoms with Crippen LogP contribution in [0.2, 0.25) is 0 Å². The Bertz CT molecular complexity index is 856. The van der Waals surface area contributed by atoms with Gasteiger partial charge >= 0.3 is 5.97 Å². The minimum absolute atomic E-state index is 0.00138. The summed E-state index contributed by atoms with van der Waals surface area (Å²) in [6.07, 6.45) is 0. The maximum absolute atomic E-state index is 12.4. The topological polar surface area (TPSA) is 72.8 Å². The van der Waals surface area contributed by atoms with E-state index >= 15 is 0 Å². The Hall–Kier alpha value is -1.61. The van der Waals surface area contributed by atoms with E-state index in [0.717, 1.165) is 3.57 Å². The zero-order valence-electron chi connectivity index (χ0n) is 13.6. The Kier molecular flexibility index (Phi) is 5.87. The molecule has 7 heteroatoms. The van der Waals surface area contributed by atoms with Crippen molar-refractivity contribution in [3.63, 3.8) is 0 Å². The molecule has 24 heavy (non-hydrogen) atoms. The predicted molar refractivity (Wildman–Crippen MR) is 100 cm³/mol. The fraction of sp³-hybridized carbons (Fsp3) is 0.235. The summed E-state index contributed by atoms with van der Waals surface area (Å²) in [5, 5.41) is 0. The summed E-state index contributed by atoms with van der Waals surface area (Å²) in [6.45, 7) is 5.27. The van der Waals surface area contributed by atoms with Crippen LogP contribution < -0.4 is 0 Å². The van der Waals surface area contributed by atoms with Crippen molar-refractivity contribution in [3.8, 4) is 0 Å². The van der Waals surface area contributed by atoms with E-state index in [9.17, 15) is 13.2 Å². The van der Waals surface area contributed by atoms with Crippen LogP contribution in [0.3, 0.4) is 0 Å². The molecular weight excluding hydrogens is 441 g/mol. The molecule has 0 aliphatic heterocycles. The highest BCUT2D eigenvalue weighted by atomic mass is 127. The Labute approximate surface area is 152 Å². The van der Waals surface area contributed by atoms with E-state index in [0.29, 0.717) is 0 Å². The largest absolute Gasteiger partial charge is 0.456 e. The summed E-state index contributed by atoms with van der Waals surface area (Å²) in [5.74, 6) is -0.558. The van der Waals surface area contributed by atoms with E-state index in [2.05, 4.69) is 2.55 Å². The van der Waals surface area contributed by atoms with Crippen LogP contribution in [0.1, 0.15) is 31.1 Å². The molecule has 0 atom stereocenters. The second-order valence-electron chi connectivity index (χ2n) is 5.95. The molecule has 0 aliphatic carbocycles. The summed E-state index contributed by atoms with van der Waals surface area (Å²) in [4.78, 5) is 12.1. The number of esters is 1. The van der Waals surface area contributed by atoms with Crippen molar-refractivity contribution in [2.24, 2.45) is 2.55 Å². The van der Waals surface area contributed by atoms with E-state index in [1.165, 1.54) is 24.3 Å². The number of carbonyl (C=O) groups is 1. The standard InChI is InChI=1S/C17H18INO4S/c1-17(2,3)23-16(20)13-8-7-11-15(12-13)24(21,22)19-18-14-9-5-4-6-10-14/h4-12H,1-3H3. The van der Waals surface area contributed by atoms with Crippen LogP contribution in [0.4, 0.5) is 0 Å². The molecule has 0 heterocycles. The molecule has 2 rings (SSSR count). The van der Waals surface area contributed by atoms with Gasteiger partial charge in [-0.25, -0.2) is 4.79 Å². The van der Waals surface area contributed by atoms with E-state index in [4.69, 9.17) is 4.74 Å². The summed E-state index contributed by atoms with van der Waals surface area (Å²) in [7, 11) is -3.79. The first-order valence-electron chi connectivity index (χ1n) is 7.17. The van der Waals surface area contributed by atoms with Gasteiger partial charge in [0, 0.05) is 24.6 Å². The Balaban J connectivity index is 2.27. The molecule has 0 aromatic heterocycles. The SMILES string of the molecule is CC(C)(C)OC(=O)c1cccc(S(=O)(=O)/N=I\c2ccccc2)c1. The third-order valence-electron chi connectivity index (χ3n) is 2.72. The predicted octanol–water partition coefficient (Wildman–Crippen LogP) is 4.35. The van der Waals surface area contributed by atoms with Gasteiger partial charge in [-0.05, 0) is 51.1 Å². The average Bonchev–Trinajstić information content (AvgIpc) is 2.53. The highest BCUT2D eigenvalue weighted by Crippen LogP contribution is 2.22. The Morgan fingerprint density at radius 3 is 2.33 bits per heavy atom. The molecule has 0 saturated heterocycles. The van der Waals surface area contributed by atoms with Crippen molar-refractivity contribution < 1.29 is 17.9 Å². The number of sulfonamides is 1. The first kappa shape index (κ1) is 18.7. The molecule has 5 nitrogen and oxygen atoms in total. The summed E-state index contributed by atoms with van der Waals surface area (Å²) in [6, 6.07) is 15.0. The van der Waals surface area contributed by atoms with Crippen LogP contribution >= 0.6 is 21.0 Å². The van der Waals surface area contributed by atoms with E-state index in [-0.39, 0.29) is 10.5 Å². The van der Waals surface area contributed by atoms with Crippen molar-refractivity contribution in [1.29, 1.82) is 0 Å². The first-order chi connectivity index (χ1) is 11.2. The lowest BCUT2D eigenvalue weighted by atomic mass is 10.2. The number of hydrogen-bond donors (Lipinski definition) is 0. The van der Waals surface area contributed by atoms with Crippen LogP contribution in [0.5, 0.6) is 0 Å². The van der Waals surface area contributed by atoms with Crippen molar-refractivity contribution in [2.75, 3.05) is 0 Å². The van der Waals surface area contributed by atoms with Gasteiger partial charge in [0.2, 0.25) is 0 Å². The lowest BCUT2D eigenvalue weighted by Crippen LogP contribution is -2.24. The zero-order valence-corrected chi connectivity index (χ0v) is 16.5. The van der Waals surface area contributed by atoms with Crippen molar-refractivity contribution in [3.05, 3.63) is 63.7 Å². The first-order valence-corrected chi connectivity index (χ1v) is 10.7. The molecule has 0 saturated carbocycles. The highest BCUT2D eigenvalue weighted by Gasteiger charge is 2.20. The van der Waals surface area contributed by atoms with Crippen LogP contribution in [-0.2, 0) is 14.8 Å². The number of hydrogen-bond acceptors (Lipinski definition) is 4. The molecule has 2 aromatic carbocycles. The fourth-order valence-electron chi connectivity index (χ4n) is 1.72. The van der Waals surface area contributed by atoms with Crippen LogP contribution in [-0.4, -0.2) is 20.0 Å². The minimum Gasteiger partial charge on any atom is -0.456 e. The average molecular weight is 459 g/mol. The molecule has 0 amide bonds. The molecule has 0 unspecified atom stereocenters. The number of nitrogens with zero attached hydrogens (tertiary/aromatic N) is 1. The van der Waals surface area contributed by atoms with E-state index in [1.54, 1.807) is 20.8 Å². The summed E-state index contributed by atoms with van der Waals surface area (Å²) >= 11 is -1.02. The Morgan fingerprint density at radius 1 is 1.04 bits per heavy atom. The summed E-state index contributed by atoms with van der Waals surface area (Å²) in [5.41, 5.74) is -0.450. The lowest BCUT2D eigenvalue weighted by Gasteiger charge is -2.19. The number of ether oxygens (including phenoxy) is 1. The van der Waals surface area contributed by atoms with Gasteiger partial charge in [0.15, 0.2) is 0 Å². The molecular formula is C17H18INO4S. The molecule has 0 spiro atoms. The normalized spacial score (nSPS) is 12.6. The fourth-order valence-corrected chi connectivity index (χ4v) is 5.37. The van der Waals surface area contributed by atoms with Crippen LogP contribution in [0.15, 0.2) is 62.0 Å². The maximum Gasteiger partial charge on any atom is 0.338 e. The minimum atomic E-state index is -3.79. The highest BCUT2D eigenvalue weighted by molar-refractivity contribution is 14.2. The van der Waals surface area contributed by atoms with Crippen molar-refractivity contribution in [1.82, 2.24) is 0 Å². The Morgan fingerprint density at radius 2 is 1.71 bits per heavy atom. The van der Waals surface area contributed by atoms with E-state index in [1.807, 2.05) is 30.3 Å². The third kappa shape index (κ3) is 5.48. The van der Waals surface area contributed by atoms with Crippen molar-refractivity contribution in [2.45, 2.75) is 31.3 Å². The maximum atomic E-state index is 12.4. The number of rotatable bonds is 4. The van der Waals surface area contributed by atoms with Gasteiger partial charge in [0.05, 0.1) is 10.5 Å². The molecule has 0 bridgehead atoms. The number of carbonyl (C=O) groups excluding carboxylic acids is 1. The quantitative estimate of drug-likeness (QED) is 0.504. The van der Waals surface area contributed by atoms with Gasteiger partial charge in [-0.15, -0.1) is 2.55 Å². The molecule has 2 aromatic rings. The smallest absolute Gasteiger partial charge is 0.338 e. The van der Waals surface area contributed by atoms with Gasteiger partial charge in [-0.3, -0.25) is 0 Å². The van der Waals surface area contributed by atoms with Gasteiger partial charge in [0.25, 0.3) is 10.0 Å². The third-order valence-corrected chi connectivity index (χ3v) is 7.25. The molecule has 0 radical (unpaired) electrons. The lowest BCUT2D eigenvalue weighted by molar-refractivity contribution is 0.00692. The second-order valence-corrected chi connectivity index (χ2v) is 10.4. The van der Waals surface area contributed by atoms with Gasteiger partial charge in [-0.2, -0.15) is 8.42 Å². The van der Waals surface area contributed by atoms with Crippen LogP contribution in [0.25, 0.3) is 0 Å². The molecule has 0 fully saturated rings. The summed E-state index contributed by atoms with van der Waals surface area (Å²) < 4.78 is 34.8. The van der Waals surface area contributed by atoms with Crippen LogP contribution in [0, 0.1) is 3.57 Å². The molecule has 128 valence electrons. The molecule has 0 aliphatic rings. The van der Waals surface area contributed by atoms with Gasteiger partial charge < -0.3 is 4.74 Å². The zero-order chi connectivity index (χ0) is 17.8. The second kappa shape index (κ2) is 7.52. The monoisotopic (exact) mass is 459 g/mol. The number of halogens is 1. The number of benzene rings is 2. The van der Waals surface area contributed by atoms with Gasteiger partial charge in [-0.1, -0.05) is 24.3 Å². The van der Waals surface area contributed by atoms with Crippen molar-refractivity contribution >= 4 is 37.0 Å². The van der Waals surface area contributed by atoms with E-state index < -0.39 is 42.6 Å². The molecule has 0 N–H and O–H groups in total. The van der Waals surface area contributed by atoms with Gasteiger partial charge in [0.1, 0.15) is 5.60 Å².